The van der Waals surface area contributed by atoms with Crippen molar-refractivity contribution in [3.8, 4) is 161 Å². The van der Waals surface area contributed by atoms with Crippen LogP contribution in [0.3, 0.4) is 0 Å². The van der Waals surface area contributed by atoms with Gasteiger partial charge in [-0.25, -0.2) is 19.9 Å². The Morgan fingerprint density at radius 1 is 0.215 bits per heavy atom. The van der Waals surface area contributed by atoms with Crippen molar-refractivity contribution in [3.05, 3.63) is 303 Å². The zero-order chi connectivity index (χ0) is 99.4. The second kappa shape index (κ2) is 43.1. The highest BCUT2D eigenvalue weighted by molar-refractivity contribution is 6.26. The van der Waals surface area contributed by atoms with E-state index in [2.05, 4.69) is 217 Å². The maximum absolute atomic E-state index is 10.7. The Hall–Kier alpha value is -17.5. The van der Waals surface area contributed by atoms with Crippen LogP contribution in [-0.4, -0.2) is 127 Å². The van der Waals surface area contributed by atoms with E-state index in [-0.39, 0.29) is 116 Å². The summed E-state index contributed by atoms with van der Waals surface area (Å²) in [4.78, 5) is 55.2. The van der Waals surface area contributed by atoms with E-state index < -0.39 is 0 Å². The van der Waals surface area contributed by atoms with Gasteiger partial charge in [0, 0.05) is 22.3 Å². The number of benzene rings is 18. The molecule has 22 rings (SSSR count). The molecule has 0 radical (unpaired) electrons. The van der Waals surface area contributed by atoms with Crippen molar-refractivity contribution in [1.29, 1.82) is 0 Å². The van der Waals surface area contributed by atoms with E-state index in [1.165, 1.54) is 70.1 Å². The molecule has 0 aliphatic carbocycles. The van der Waals surface area contributed by atoms with Crippen LogP contribution in [0.25, 0.3) is 199 Å². The summed E-state index contributed by atoms with van der Waals surface area (Å²) in [6, 6.07) is 97.7. The van der Waals surface area contributed by atoms with Crippen molar-refractivity contribution in [3.63, 3.8) is 0 Å². The number of hydrogen-bond donors (Lipinski definition) is 8. The molecule has 8 N–H and O–H groups in total. The van der Waals surface area contributed by atoms with Gasteiger partial charge in [0.2, 0.25) is 0 Å². The average molecular weight is 1910 g/mol. The van der Waals surface area contributed by atoms with Crippen LogP contribution in [0.1, 0.15) is 106 Å². The number of aromatic nitrogens is 12. The van der Waals surface area contributed by atoms with E-state index in [9.17, 15) is 40.9 Å². The van der Waals surface area contributed by atoms with Gasteiger partial charge in [-0.3, -0.25) is 0 Å². The minimum atomic E-state index is -0.119. The first-order valence-corrected chi connectivity index (χ1v) is 48.9. The summed E-state index contributed by atoms with van der Waals surface area (Å²) in [6.45, 7) is 14.5. The number of hydrogen-bond acceptors (Lipinski definition) is 24. The van der Waals surface area contributed by atoms with Gasteiger partial charge in [-0.1, -0.05) is 298 Å². The molecule has 24 heteroatoms. The van der Waals surface area contributed by atoms with Crippen molar-refractivity contribution in [2.24, 2.45) is 11.8 Å². The van der Waals surface area contributed by atoms with Crippen molar-refractivity contribution in [1.82, 2.24) is 59.8 Å². The van der Waals surface area contributed by atoms with Crippen LogP contribution in [0.2, 0.25) is 0 Å². The Balaban J connectivity index is 0.000000122. The number of rotatable bonds is 28. The quantitative estimate of drug-likeness (QED) is 0.0167. The molecule has 4 aromatic heterocycles. The molecular formula is C120H106N12O12. The number of phenols is 8. The smallest absolute Gasteiger partial charge is 0.320 e. The third-order valence-corrected chi connectivity index (χ3v) is 26.0. The second-order valence-electron chi connectivity index (χ2n) is 35.7. The maximum Gasteiger partial charge on any atom is 0.320 e. The van der Waals surface area contributed by atoms with Gasteiger partial charge in [0.15, 0.2) is 46.6 Å². The largest absolute Gasteiger partial charge is 0.507 e. The van der Waals surface area contributed by atoms with Gasteiger partial charge in [-0.15, -0.1) is 0 Å². The average Bonchev–Trinajstić information content (AvgIpc) is 0.729. The molecule has 0 saturated heterocycles. The summed E-state index contributed by atoms with van der Waals surface area (Å²) in [5.74, 6) is 2.13. The number of aromatic hydroxyl groups is 8. The fourth-order valence-corrected chi connectivity index (χ4v) is 18.5. The minimum Gasteiger partial charge on any atom is -0.507 e. The molecule has 24 nitrogen and oxygen atoms in total. The highest BCUT2D eigenvalue weighted by Gasteiger charge is 2.27. The molecule has 0 aliphatic heterocycles. The summed E-state index contributed by atoms with van der Waals surface area (Å²) in [5, 5.41) is 106. The lowest BCUT2D eigenvalue weighted by atomic mass is 9.92. The summed E-state index contributed by atoms with van der Waals surface area (Å²) in [6.07, 6.45) is 10.3. The van der Waals surface area contributed by atoms with Gasteiger partial charge in [0.25, 0.3) is 0 Å². The fraction of sp³-hybridized carbons (Fsp3) is 0.183. The number of unbranched alkanes of at least 4 members (excludes halogenated alkanes) is 2. The van der Waals surface area contributed by atoms with E-state index in [0.29, 0.717) is 61.6 Å². The lowest BCUT2D eigenvalue weighted by Gasteiger charge is -2.16. The third-order valence-electron chi connectivity index (χ3n) is 26.0. The third kappa shape index (κ3) is 20.2. The number of nitrogens with zero attached hydrogens (tertiary/aromatic N) is 12. The van der Waals surface area contributed by atoms with Crippen molar-refractivity contribution in [2.45, 2.75) is 106 Å². The van der Waals surface area contributed by atoms with E-state index in [4.69, 9.17) is 28.9 Å². The van der Waals surface area contributed by atoms with Crippen LogP contribution in [0.4, 0.5) is 0 Å². The molecule has 4 heterocycles. The SMILES string of the molecule is CCCCC(CC)COc1nc(-c2c(O)cccc2O)nc(-c2cc3c4ccccc4ccc3c3ccccc23)n1.CCCCC(CC)COc1nc(-c2ccc3cc4ccccc4cc3c2)nc(-c2c(O)cccc2O)n1.CCCOc1nc(-c2c(O)cccc2O)nc(-c2cc3ccccc3c3ccccc23)n1.CCCOc1nc(-c2c(O)cccc2O)nc(-c2ccc3ccc4cccc5ccc2c3c45)n1. The van der Waals surface area contributed by atoms with E-state index in [1.807, 2.05) is 105 Å². The Morgan fingerprint density at radius 3 is 1.00 bits per heavy atom. The molecule has 22 aromatic rings. The van der Waals surface area contributed by atoms with Crippen molar-refractivity contribution in [2.75, 3.05) is 26.4 Å². The summed E-state index contributed by atoms with van der Waals surface area (Å²) >= 11 is 0. The van der Waals surface area contributed by atoms with Crippen molar-refractivity contribution < 1.29 is 59.8 Å². The lowest BCUT2D eigenvalue weighted by Crippen LogP contribution is -2.13. The molecule has 0 aliphatic rings. The van der Waals surface area contributed by atoms with Crippen LogP contribution in [0, 0.1) is 11.8 Å². The molecular weight excluding hydrogens is 1800 g/mol. The number of ether oxygens (including phenoxy) is 4. The Morgan fingerprint density at radius 2 is 0.535 bits per heavy atom. The molecule has 718 valence electrons. The van der Waals surface area contributed by atoms with Crippen molar-refractivity contribution >= 4 is 108 Å². The van der Waals surface area contributed by atoms with Gasteiger partial charge in [0.1, 0.15) is 68.2 Å². The predicted octanol–water partition coefficient (Wildman–Crippen LogP) is 28.2. The molecule has 18 aromatic carbocycles. The monoisotopic (exact) mass is 1910 g/mol. The van der Waals surface area contributed by atoms with Crippen LogP contribution in [0.5, 0.6) is 70.0 Å². The molecule has 0 bridgehead atoms. The van der Waals surface area contributed by atoms with Gasteiger partial charge in [-0.05, 0) is 230 Å². The van der Waals surface area contributed by atoms with Crippen LogP contribution < -0.4 is 18.9 Å². The topological polar surface area (TPSA) is 353 Å². The van der Waals surface area contributed by atoms with Gasteiger partial charge >= 0.3 is 24.0 Å². The zero-order valence-corrected chi connectivity index (χ0v) is 80.5. The summed E-state index contributed by atoms with van der Waals surface area (Å²) < 4.78 is 23.8. The molecule has 0 fully saturated rings. The standard InChI is InChI=1S/C35H33N3O3.C31H31N3O3.C28H21N3O3.C26H21N3O3/c1-3-5-11-22(4-2)21-41-35-37-33(36-34(38-35)32-30(39)16-10-17-31(32)40)29-20-28-24-13-7-6-12-23(24)18-19-27(28)25-14-8-9-15-26(25)29;1-3-5-9-20(4-2)19-37-31-33-29(32-30(34-31)28-26(35)12-8-13-27(28)36)24-15-14-23-16-21-10-6-7-11-22(21)17-25(23)18-24;1-2-15-34-28-30-26(29-27(31-28)25-21(32)7-4-8-22(25)33)20-14-12-18-10-9-16-5-3-6-17-11-13-19(20)24(18)23(16)17;1-2-14-32-26-28-24(27-25(29-26)23-21(30)12-7-13-22(23)31)20-15-16-8-3-4-9-17(16)18-10-5-6-11-19(18)20/h6-10,12-20,22,39-40H,3-5,11,21H2,1-2H3;6-8,10-18,20,35-36H,3-5,9,19H2,1-2H3;3-14,32-33H,2,15H2,1H3;3-13,15,30-31H,2,14H2,1H3. The van der Waals surface area contributed by atoms with E-state index >= 15 is 0 Å². The minimum absolute atomic E-state index is 0.109. The lowest BCUT2D eigenvalue weighted by molar-refractivity contribution is 0.217. The first-order chi connectivity index (χ1) is 70.4. The van der Waals surface area contributed by atoms with Crippen LogP contribution in [0.15, 0.2) is 303 Å². The molecule has 0 saturated carbocycles. The van der Waals surface area contributed by atoms with Crippen LogP contribution in [-0.2, 0) is 0 Å². The first kappa shape index (κ1) is 95.4. The van der Waals surface area contributed by atoms with Gasteiger partial charge in [-0.2, -0.15) is 39.9 Å². The van der Waals surface area contributed by atoms with Gasteiger partial charge in [0.05, 0.1) is 26.4 Å². The Kier molecular flexibility index (Phi) is 28.5. The highest BCUT2D eigenvalue weighted by atomic mass is 16.5. The summed E-state index contributed by atoms with van der Waals surface area (Å²) in [5.41, 5.74) is 3.85. The zero-order valence-electron chi connectivity index (χ0n) is 80.5. The van der Waals surface area contributed by atoms with E-state index in [1.54, 1.807) is 24.3 Å². The van der Waals surface area contributed by atoms with Crippen LogP contribution >= 0.6 is 0 Å². The molecule has 0 amide bonds. The number of phenolic OH excluding ortho intramolecular Hbond substituents is 8. The Bertz CT molecular complexity index is 8410. The molecule has 144 heavy (non-hydrogen) atoms. The molecule has 2 unspecified atom stereocenters. The Labute approximate surface area is 830 Å². The normalized spacial score (nSPS) is 11.8. The molecule has 0 spiro atoms. The fourth-order valence-electron chi connectivity index (χ4n) is 18.5. The highest BCUT2D eigenvalue weighted by Crippen LogP contribution is 2.47. The van der Waals surface area contributed by atoms with E-state index in [0.717, 1.165) is 173 Å². The second-order valence-corrected chi connectivity index (χ2v) is 35.7. The predicted molar refractivity (Wildman–Crippen MR) is 572 cm³/mol. The number of fused-ring (bicyclic) bond motifs is 10. The summed E-state index contributed by atoms with van der Waals surface area (Å²) in [7, 11) is 0. The first-order valence-electron chi connectivity index (χ1n) is 48.9. The molecule has 2 atom stereocenters. The van der Waals surface area contributed by atoms with Gasteiger partial charge < -0.3 is 59.8 Å². The maximum atomic E-state index is 10.7.